The van der Waals surface area contributed by atoms with E-state index in [1.54, 1.807) is 17.0 Å². The number of carbonyl (C=O) groups is 1. The first-order valence-electron chi connectivity index (χ1n) is 8.06. The standard InChI is InChI=1S/C17H24F2N2O3/c1-11-9-21(10-12(2)23-11)16(22)8-20-13(3)14-4-6-15(7-5-14)24-17(18)19/h4-7,11-13,17,20H,8-10H2,1-3H3/t11-,12-,13+/m1/s1. The number of halogens is 2. The number of nitrogens with one attached hydrogen (secondary N) is 1. The highest BCUT2D eigenvalue weighted by Crippen LogP contribution is 2.19. The van der Waals surface area contributed by atoms with Gasteiger partial charge in [0.25, 0.3) is 0 Å². The smallest absolute Gasteiger partial charge is 0.387 e. The Morgan fingerprint density at radius 1 is 1.29 bits per heavy atom. The molecule has 0 spiro atoms. The Bertz CT molecular complexity index is 529. The molecule has 1 aliphatic heterocycles. The Balaban J connectivity index is 1.83. The molecule has 0 aliphatic carbocycles. The highest BCUT2D eigenvalue weighted by molar-refractivity contribution is 5.78. The molecule has 1 aromatic carbocycles. The Morgan fingerprint density at radius 2 is 1.88 bits per heavy atom. The lowest BCUT2D eigenvalue weighted by Crippen LogP contribution is -2.50. The van der Waals surface area contributed by atoms with E-state index in [9.17, 15) is 13.6 Å². The number of hydrogen-bond donors (Lipinski definition) is 1. The van der Waals surface area contributed by atoms with Crippen LogP contribution >= 0.6 is 0 Å². The van der Waals surface area contributed by atoms with Crippen LogP contribution in [0.5, 0.6) is 5.75 Å². The van der Waals surface area contributed by atoms with E-state index >= 15 is 0 Å². The molecule has 2 rings (SSSR count). The van der Waals surface area contributed by atoms with E-state index in [0.717, 1.165) is 5.56 Å². The van der Waals surface area contributed by atoms with Crippen molar-refractivity contribution >= 4 is 5.91 Å². The van der Waals surface area contributed by atoms with Gasteiger partial charge in [0.05, 0.1) is 18.8 Å². The van der Waals surface area contributed by atoms with Crippen molar-refractivity contribution in [1.29, 1.82) is 0 Å². The second-order valence-corrected chi connectivity index (χ2v) is 6.11. The van der Waals surface area contributed by atoms with E-state index in [1.165, 1.54) is 12.1 Å². The number of morpholine rings is 1. The molecule has 5 nitrogen and oxygen atoms in total. The third-order valence-electron chi connectivity index (χ3n) is 3.94. The molecule has 3 atom stereocenters. The van der Waals surface area contributed by atoms with Crippen molar-refractivity contribution < 1.29 is 23.0 Å². The minimum atomic E-state index is -2.83. The zero-order chi connectivity index (χ0) is 17.7. The molecule has 1 aliphatic rings. The second kappa shape index (κ2) is 8.39. The normalized spacial score (nSPS) is 22.5. The molecule has 1 heterocycles. The molecule has 24 heavy (non-hydrogen) atoms. The first kappa shape index (κ1) is 18.6. The third-order valence-corrected chi connectivity index (χ3v) is 3.94. The molecule has 0 unspecified atom stereocenters. The Morgan fingerprint density at radius 3 is 2.42 bits per heavy atom. The Labute approximate surface area is 140 Å². The zero-order valence-electron chi connectivity index (χ0n) is 14.2. The number of ether oxygens (including phenoxy) is 2. The van der Waals surface area contributed by atoms with Crippen LogP contribution in [-0.2, 0) is 9.53 Å². The predicted molar refractivity (Wildman–Crippen MR) is 86.1 cm³/mol. The topological polar surface area (TPSA) is 50.8 Å². The van der Waals surface area contributed by atoms with Crippen LogP contribution in [0.3, 0.4) is 0 Å². The van der Waals surface area contributed by atoms with E-state index in [0.29, 0.717) is 13.1 Å². The summed E-state index contributed by atoms with van der Waals surface area (Å²) in [5.74, 6) is 0.148. The van der Waals surface area contributed by atoms with Gasteiger partial charge in [-0.1, -0.05) is 12.1 Å². The fourth-order valence-electron chi connectivity index (χ4n) is 2.79. The quantitative estimate of drug-likeness (QED) is 0.863. The molecule has 1 saturated heterocycles. The van der Waals surface area contributed by atoms with Gasteiger partial charge in [-0.15, -0.1) is 0 Å². The van der Waals surface area contributed by atoms with Crippen LogP contribution in [0.1, 0.15) is 32.4 Å². The van der Waals surface area contributed by atoms with Crippen LogP contribution in [0.25, 0.3) is 0 Å². The lowest BCUT2D eigenvalue weighted by molar-refractivity contribution is -0.142. The summed E-state index contributed by atoms with van der Waals surface area (Å²) in [4.78, 5) is 14.1. The average Bonchev–Trinajstić information content (AvgIpc) is 2.51. The van der Waals surface area contributed by atoms with Gasteiger partial charge >= 0.3 is 6.61 Å². The summed E-state index contributed by atoms with van der Waals surface area (Å²) in [5.41, 5.74) is 0.896. The van der Waals surface area contributed by atoms with Crippen LogP contribution in [0.15, 0.2) is 24.3 Å². The Kier molecular flexibility index (Phi) is 6.51. The predicted octanol–water partition coefficient (Wildman–Crippen LogP) is 2.57. The molecule has 7 heteroatoms. The summed E-state index contributed by atoms with van der Waals surface area (Å²) < 4.78 is 34.2. The minimum Gasteiger partial charge on any atom is -0.435 e. The summed E-state index contributed by atoms with van der Waals surface area (Å²) >= 11 is 0. The molecule has 0 aromatic heterocycles. The van der Waals surface area contributed by atoms with Crippen molar-refractivity contribution in [3.63, 3.8) is 0 Å². The number of rotatable bonds is 6. The summed E-state index contributed by atoms with van der Waals surface area (Å²) in [6.45, 7) is 4.40. The SMILES string of the molecule is C[C@@H]1CN(C(=O)CN[C@@H](C)c2ccc(OC(F)F)cc2)C[C@@H](C)O1. The van der Waals surface area contributed by atoms with Gasteiger partial charge in [0.1, 0.15) is 5.75 Å². The molecule has 0 saturated carbocycles. The first-order chi connectivity index (χ1) is 11.3. The van der Waals surface area contributed by atoms with E-state index < -0.39 is 6.61 Å². The van der Waals surface area contributed by atoms with Crippen LogP contribution in [-0.4, -0.2) is 49.3 Å². The van der Waals surface area contributed by atoms with Crippen molar-refractivity contribution in [2.75, 3.05) is 19.6 Å². The van der Waals surface area contributed by atoms with E-state index in [1.807, 2.05) is 20.8 Å². The van der Waals surface area contributed by atoms with E-state index in [4.69, 9.17) is 4.74 Å². The monoisotopic (exact) mass is 342 g/mol. The van der Waals surface area contributed by atoms with Crippen molar-refractivity contribution in [2.45, 2.75) is 45.6 Å². The highest BCUT2D eigenvalue weighted by Gasteiger charge is 2.25. The van der Waals surface area contributed by atoms with Crippen LogP contribution < -0.4 is 10.1 Å². The van der Waals surface area contributed by atoms with Gasteiger partial charge in [-0.2, -0.15) is 8.78 Å². The minimum absolute atomic E-state index is 0.0292. The fourth-order valence-corrected chi connectivity index (χ4v) is 2.79. The van der Waals surface area contributed by atoms with Gasteiger partial charge in [-0.05, 0) is 38.5 Å². The second-order valence-electron chi connectivity index (χ2n) is 6.11. The van der Waals surface area contributed by atoms with Crippen LogP contribution in [0.4, 0.5) is 8.78 Å². The van der Waals surface area contributed by atoms with Gasteiger partial charge < -0.3 is 19.7 Å². The molecule has 1 fully saturated rings. The van der Waals surface area contributed by atoms with Gasteiger partial charge in [-0.25, -0.2) is 0 Å². The lowest BCUT2D eigenvalue weighted by atomic mass is 10.1. The molecule has 0 bridgehead atoms. The molecule has 1 N–H and O–H groups in total. The number of alkyl halides is 2. The maximum atomic E-state index is 12.3. The van der Waals surface area contributed by atoms with Crippen molar-refractivity contribution in [2.24, 2.45) is 0 Å². The van der Waals surface area contributed by atoms with Crippen LogP contribution in [0, 0.1) is 0 Å². The van der Waals surface area contributed by atoms with Gasteiger partial charge in [0.2, 0.25) is 5.91 Å². The summed E-state index contributed by atoms with van der Waals surface area (Å²) in [6.07, 6.45) is 0.0787. The molecular weight excluding hydrogens is 318 g/mol. The Hall–Kier alpha value is -1.73. The molecule has 1 aromatic rings. The number of carbonyl (C=O) groups excluding carboxylic acids is 1. The summed E-state index contributed by atoms with van der Waals surface area (Å²) in [7, 11) is 0. The highest BCUT2D eigenvalue weighted by atomic mass is 19.3. The average molecular weight is 342 g/mol. The van der Waals surface area contributed by atoms with Crippen molar-refractivity contribution in [1.82, 2.24) is 10.2 Å². The number of hydrogen-bond acceptors (Lipinski definition) is 4. The zero-order valence-corrected chi connectivity index (χ0v) is 14.2. The van der Waals surface area contributed by atoms with Gasteiger partial charge in [0, 0.05) is 19.1 Å². The van der Waals surface area contributed by atoms with Gasteiger partial charge in [0.15, 0.2) is 0 Å². The maximum absolute atomic E-state index is 12.3. The fraction of sp³-hybridized carbons (Fsp3) is 0.588. The van der Waals surface area contributed by atoms with Gasteiger partial charge in [-0.3, -0.25) is 4.79 Å². The number of benzene rings is 1. The number of nitrogens with zero attached hydrogens (tertiary/aromatic N) is 1. The largest absolute Gasteiger partial charge is 0.435 e. The summed E-state index contributed by atoms with van der Waals surface area (Å²) in [5, 5.41) is 3.16. The molecular formula is C17H24F2N2O3. The number of amides is 1. The third kappa shape index (κ3) is 5.42. The van der Waals surface area contributed by atoms with Crippen LogP contribution in [0.2, 0.25) is 0 Å². The maximum Gasteiger partial charge on any atom is 0.387 e. The van der Waals surface area contributed by atoms with Crippen molar-refractivity contribution in [3.8, 4) is 5.75 Å². The van der Waals surface area contributed by atoms with Crippen molar-refractivity contribution in [3.05, 3.63) is 29.8 Å². The molecule has 0 radical (unpaired) electrons. The molecule has 134 valence electrons. The van der Waals surface area contributed by atoms with E-state index in [-0.39, 0.29) is 36.5 Å². The van der Waals surface area contributed by atoms with E-state index in [2.05, 4.69) is 10.1 Å². The summed E-state index contributed by atoms with van der Waals surface area (Å²) in [6, 6.07) is 6.32. The first-order valence-corrected chi connectivity index (χ1v) is 8.06. The molecule has 1 amide bonds. The lowest BCUT2D eigenvalue weighted by Gasteiger charge is -2.35.